The number of hydrogen-bond donors (Lipinski definition) is 2. The number of imidazole rings is 1. The van der Waals surface area contributed by atoms with Crippen molar-refractivity contribution < 1.29 is 4.79 Å². The van der Waals surface area contributed by atoms with Crippen LogP contribution in [-0.2, 0) is 11.2 Å². The third-order valence-corrected chi connectivity index (χ3v) is 5.04. The van der Waals surface area contributed by atoms with Gasteiger partial charge in [0.05, 0.1) is 11.0 Å². The average Bonchev–Trinajstić information content (AvgIpc) is 3.12. The third-order valence-electron chi connectivity index (χ3n) is 5.04. The van der Waals surface area contributed by atoms with Gasteiger partial charge in [-0.05, 0) is 37.0 Å². The van der Waals surface area contributed by atoms with Gasteiger partial charge in [0.15, 0.2) is 0 Å². The van der Waals surface area contributed by atoms with E-state index in [4.69, 9.17) is 4.98 Å². The Morgan fingerprint density at radius 2 is 2.12 bits per heavy atom. The summed E-state index contributed by atoms with van der Waals surface area (Å²) in [6, 6.07) is 11.3. The zero-order valence-corrected chi connectivity index (χ0v) is 14.6. The number of piperidine rings is 1. The summed E-state index contributed by atoms with van der Waals surface area (Å²) in [6.45, 7) is 1.52. The number of amides is 1. The Morgan fingerprint density at radius 1 is 1.23 bits per heavy atom. The molecule has 0 saturated carbocycles. The number of nitrogens with one attached hydrogen (secondary N) is 2. The van der Waals surface area contributed by atoms with Crippen LogP contribution in [0.4, 0.5) is 0 Å². The lowest BCUT2D eigenvalue weighted by atomic mass is 9.97. The molecule has 1 saturated heterocycles. The summed E-state index contributed by atoms with van der Waals surface area (Å²) in [5.74, 6) is 1.40. The Hall–Kier alpha value is -2.89. The van der Waals surface area contributed by atoms with Crippen molar-refractivity contribution in [3.8, 4) is 0 Å². The third kappa shape index (κ3) is 3.54. The maximum Gasteiger partial charge on any atom is 0.247 e. The van der Waals surface area contributed by atoms with Gasteiger partial charge in [0.2, 0.25) is 11.5 Å². The van der Waals surface area contributed by atoms with Crippen molar-refractivity contribution in [2.45, 2.75) is 31.6 Å². The van der Waals surface area contributed by atoms with Crippen LogP contribution in [0.15, 0.2) is 47.4 Å². The molecule has 6 heteroatoms. The van der Waals surface area contributed by atoms with Gasteiger partial charge >= 0.3 is 0 Å². The molecule has 0 bridgehead atoms. The molecule has 6 nitrogen and oxygen atoms in total. The molecule has 1 unspecified atom stereocenters. The smallest absolute Gasteiger partial charge is 0.247 e. The molecule has 1 amide bonds. The molecule has 1 fully saturated rings. The quantitative estimate of drug-likeness (QED) is 0.759. The monoisotopic (exact) mass is 350 g/mol. The van der Waals surface area contributed by atoms with Gasteiger partial charge in [-0.15, -0.1) is 0 Å². The molecule has 2 N–H and O–H groups in total. The zero-order chi connectivity index (χ0) is 17.9. The normalized spacial score (nSPS) is 17.5. The summed E-state index contributed by atoms with van der Waals surface area (Å²) in [5.41, 5.74) is 2.88. The molecule has 3 aromatic rings. The molecule has 1 atom stereocenters. The Balaban J connectivity index is 1.40. The average molecular weight is 350 g/mol. The minimum atomic E-state index is -0.121. The van der Waals surface area contributed by atoms with Crippen molar-refractivity contribution >= 4 is 16.9 Å². The molecule has 0 aliphatic carbocycles. The Bertz CT molecular complexity index is 922. The van der Waals surface area contributed by atoms with Gasteiger partial charge in [-0.3, -0.25) is 9.59 Å². The zero-order valence-electron chi connectivity index (χ0n) is 14.6. The number of H-pyrrole nitrogens is 2. The summed E-state index contributed by atoms with van der Waals surface area (Å²) in [5, 5.41) is 0. The highest BCUT2D eigenvalue weighted by atomic mass is 16.2. The lowest BCUT2D eigenvalue weighted by molar-refractivity contribution is -0.132. The van der Waals surface area contributed by atoms with E-state index in [1.54, 1.807) is 12.3 Å². The summed E-state index contributed by atoms with van der Waals surface area (Å²) in [6.07, 6.45) is 4.82. The van der Waals surface area contributed by atoms with Crippen molar-refractivity contribution in [3.05, 3.63) is 64.3 Å². The summed E-state index contributed by atoms with van der Waals surface area (Å²) in [7, 11) is 0. The first-order valence-electron chi connectivity index (χ1n) is 9.09. The van der Waals surface area contributed by atoms with Crippen LogP contribution < -0.4 is 5.56 Å². The van der Waals surface area contributed by atoms with Gasteiger partial charge in [-0.25, -0.2) is 4.98 Å². The molecular formula is C20H22N4O2. The van der Waals surface area contributed by atoms with E-state index in [1.165, 1.54) is 6.07 Å². The van der Waals surface area contributed by atoms with Crippen molar-refractivity contribution in [3.63, 3.8) is 0 Å². The van der Waals surface area contributed by atoms with E-state index in [-0.39, 0.29) is 17.4 Å². The molecule has 1 aromatic carbocycles. The second-order valence-corrected chi connectivity index (χ2v) is 6.88. The van der Waals surface area contributed by atoms with Crippen LogP contribution in [0.5, 0.6) is 0 Å². The van der Waals surface area contributed by atoms with Crippen LogP contribution in [0.25, 0.3) is 11.0 Å². The van der Waals surface area contributed by atoms with Crippen LogP contribution in [0, 0.1) is 0 Å². The first kappa shape index (κ1) is 16.6. The van der Waals surface area contributed by atoms with Crippen LogP contribution in [0.2, 0.25) is 0 Å². The minimum absolute atomic E-state index is 0.121. The lowest BCUT2D eigenvalue weighted by Gasteiger charge is -2.32. The second-order valence-electron chi connectivity index (χ2n) is 6.88. The molecule has 1 aliphatic rings. The van der Waals surface area contributed by atoms with E-state index in [9.17, 15) is 9.59 Å². The molecule has 3 heterocycles. The summed E-state index contributed by atoms with van der Waals surface area (Å²) < 4.78 is 0. The first-order chi connectivity index (χ1) is 12.7. The van der Waals surface area contributed by atoms with Crippen molar-refractivity contribution in [2.75, 3.05) is 13.1 Å². The van der Waals surface area contributed by atoms with E-state index < -0.39 is 0 Å². The predicted molar refractivity (Wildman–Crippen MR) is 100 cm³/mol. The molecule has 4 rings (SSSR count). The first-order valence-corrected chi connectivity index (χ1v) is 9.09. The molecule has 1 aliphatic heterocycles. The highest BCUT2D eigenvalue weighted by Crippen LogP contribution is 2.27. The van der Waals surface area contributed by atoms with E-state index in [0.29, 0.717) is 19.4 Å². The SMILES string of the molecule is O=C(CCc1ccc(=O)[nH]c1)N1CCCC(c2nc3ccccc3[nH]2)C1. The number of carbonyl (C=O) groups excluding carboxylic acids is 1. The summed E-state index contributed by atoms with van der Waals surface area (Å²) >= 11 is 0. The van der Waals surface area contributed by atoms with Crippen molar-refractivity contribution in [1.82, 2.24) is 19.9 Å². The summed E-state index contributed by atoms with van der Waals surface area (Å²) in [4.78, 5) is 36.4. The largest absolute Gasteiger partial charge is 0.342 e. The van der Waals surface area contributed by atoms with Gasteiger partial charge in [0, 0.05) is 37.7 Å². The highest BCUT2D eigenvalue weighted by molar-refractivity contribution is 5.77. The van der Waals surface area contributed by atoms with Gasteiger partial charge in [-0.1, -0.05) is 18.2 Å². The van der Waals surface area contributed by atoms with Crippen molar-refractivity contribution in [2.24, 2.45) is 0 Å². The highest BCUT2D eigenvalue weighted by Gasteiger charge is 2.26. The Labute approximate surface area is 151 Å². The fourth-order valence-corrected chi connectivity index (χ4v) is 3.60. The van der Waals surface area contributed by atoms with Crippen LogP contribution in [0.1, 0.15) is 36.6 Å². The maximum atomic E-state index is 12.6. The number of fused-ring (bicyclic) bond motifs is 1. The van der Waals surface area contributed by atoms with Crippen molar-refractivity contribution in [1.29, 1.82) is 0 Å². The number of aryl methyl sites for hydroxylation is 1. The molecule has 2 aromatic heterocycles. The number of aromatic nitrogens is 3. The van der Waals surface area contributed by atoms with Crippen LogP contribution in [0.3, 0.4) is 0 Å². The molecule has 0 radical (unpaired) electrons. The van der Waals surface area contributed by atoms with Crippen LogP contribution in [-0.4, -0.2) is 38.8 Å². The number of carbonyl (C=O) groups is 1. The number of hydrogen-bond acceptors (Lipinski definition) is 3. The van der Waals surface area contributed by atoms with Gasteiger partial charge < -0.3 is 14.9 Å². The van der Waals surface area contributed by atoms with Gasteiger partial charge in [-0.2, -0.15) is 0 Å². The topological polar surface area (TPSA) is 81.8 Å². The fraction of sp³-hybridized carbons (Fsp3) is 0.350. The van der Waals surface area contributed by atoms with Gasteiger partial charge in [0.1, 0.15) is 5.82 Å². The lowest BCUT2D eigenvalue weighted by Crippen LogP contribution is -2.39. The molecular weight excluding hydrogens is 328 g/mol. The molecule has 0 spiro atoms. The van der Waals surface area contributed by atoms with E-state index in [0.717, 1.165) is 41.8 Å². The molecule has 26 heavy (non-hydrogen) atoms. The number of benzene rings is 1. The van der Waals surface area contributed by atoms with E-state index in [1.807, 2.05) is 29.2 Å². The number of nitrogens with zero attached hydrogens (tertiary/aromatic N) is 2. The van der Waals surface area contributed by atoms with E-state index >= 15 is 0 Å². The molecule has 134 valence electrons. The fourth-order valence-electron chi connectivity index (χ4n) is 3.60. The Morgan fingerprint density at radius 3 is 2.92 bits per heavy atom. The number of para-hydroxylation sites is 2. The maximum absolute atomic E-state index is 12.6. The Kier molecular flexibility index (Phi) is 4.56. The van der Waals surface area contributed by atoms with Crippen LogP contribution >= 0.6 is 0 Å². The number of pyridine rings is 1. The van der Waals surface area contributed by atoms with E-state index in [2.05, 4.69) is 9.97 Å². The van der Waals surface area contributed by atoms with Gasteiger partial charge in [0.25, 0.3) is 0 Å². The standard InChI is InChI=1S/C20H22N4O2/c25-18-9-7-14(12-21-18)8-10-19(26)24-11-3-4-15(13-24)20-22-16-5-1-2-6-17(16)23-20/h1-2,5-7,9,12,15H,3-4,8,10-11,13H2,(H,21,25)(H,22,23). The minimum Gasteiger partial charge on any atom is -0.342 e. The predicted octanol–water partition coefficient (Wildman–Crippen LogP) is 2.59. The second kappa shape index (κ2) is 7.15. The number of aromatic amines is 2. The number of rotatable bonds is 4. The number of likely N-dealkylation sites (tertiary alicyclic amines) is 1.